The van der Waals surface area contributed by atoms with Gasteiger partial charge in [0, 0.05) is 79.6 Å². The Balaban J connectivity index is 1.25. The van der Waals surface area contributed by atoms with E-state index in [0.717, 1.165) is 22.0 Å². The number of nitrogens with one attached hydrogen (secondary N) is 3. The first-order valence-corrected chi connectivity index (χ1v) is 19.2. The number of carbonyl (C=O) groups is 6. The predicted molar refractivity (Wildman–Crippen MR) is 211 cm³/mol. The van der Waals surface area contributed by atoms with Gasteiger partial charge in [-0.3, -0.25) is 24.0 Å². The lowest BCUT2D eigenvalue weighted by Gasteiger charge is -2.28. The second-order valence-electron chi connectivity index (χ2n) is 14.7. The molecule has 1 aliphatic rings. The number of hydrogen-bond donors (Lipinski definition) is 6. The number of Topliss-reactive ketones (excluding diaryl/α,β-unsaturated/α-hetero) is 3. The number of hydrogen-bond acceptors (Lipinski definition) is 9. The number of fused-ring (bicyclic) bond motifs is 1. The van der Waals surface area contributed by atoms with E-state index in [9.17, 15) is 28.8 Å². The topological polar surface area (TPSA) is 243 Å². The molecule has 15 nitrogen and oxygen atoms in total. The Morgan fingerprint density at radius 3 is 2.32 bits per heavy atom. The highest BCUT2D eigenvalue weighted by atomic mass is 16.2. The molecule has 1 aliphatic heterocycles. The van der Waals surface area contributed by atoms with Gasteiger partial charge in [-0.05, 0) is 49.9 Å². The van der Waals surface area contributed by atoms with Crippen molar-refractivity contribution in [2.75, 3.05) is 26.2 Å². The molecule has 4 amide bonds. The summed E-state index contributed by atoms with van der Waals surface area (Å²) in [7, 11) is 0. The van der Waals surface area contributed by atoms with Crippen molar-refractivity contribution in [3.8, 4) is 0 Å². The minimum atomic E-state index is -0.991. The summed E-state index contributed by atoms with van der Waals surface area (Å²) in [4.78, 5) is 93.7. The number of primary amides is 1. The molecular formula is C41H53N9O6. The molecule has 15 heteroatoms. The summed E-state index contributed by atoms with van der Waals surface area (Å²) in [6, 6.07) is 13.7. The van der Waals surface area contributed by atoms with Crippen molar-refractivity contribution in [1.82, 2.24) is 30.1 Å². The lowest BCUT2D eigenvalue weighted by Crippen LogP contribution is -2.49. The van der Waals surface area contributed by atoms with Crippen molar-refractivity contribution in [3.05, 3.63) is 90.1 Å². The van der Waals surface area contributed by atoms with Gasteiger partial charge in [0.1, 0.15) is 0 Å². The van der Waals surface area contributed by atoms with Crippen LogP contribution in [0.3, 0.4) is 0 Å². The van der Waals surface area contributed by atoms with Gasteiger partial charge in [-0.15, -0.1) is 0 Å². The molecule has 0 aliphatic carbocycles. The van der Waals surface area contributed by atoms with E-state index in [1.165, 1.54) is 16.1 Å². The van der Waals surface area contributed by atoms with Gasteiger partial charge in [-0.25, -0.2) is 9.78 Å². The number of rotatable bonds is 23. The molecule has 3 heterocycles. The van der Waals surface area contributed by atoms with Crippen LogP contribution in [0.2, 0.25) is 0 Å². The molecule has 1 fully saturated rings. The van der Waals surface area contributed by atoms with Crippen LogP contribution in [0.25, 0.3) is 10.9 Å². The molecule has 9 N–H and O–H groups in total. The second kappa shape index (κ2) is 19.8. The highest BCUT2D eigenvalue weighted by Crippen LogP contribution is 2.24. The van der Waals surface area contributed by atoms with Crippen molar-refractivity contribution >= 4 is 46.1 Å². The number of nitrogens with zero attached hydrogens (tertiary/aromatic N) is 3. The number of aromatic amines is 2. The summed E-state index contributed by atoms with van der Waals surface area (Å²) < 4.78 is 0. The van der Waals surface area contributed by atoms with Crippen molar-refractivity contribution in [2.24, 2.45) is 29.0 Å². The Bertz CT molecular complexity index is 1960. The van der Waals surface area contributed by atoms with E-state index in [1.54, 1.807) is 13.1 Å². The third kappa shape index (κ3) is 11.0. The number of ketones is 3. The molecule has 0 spiro atoms. The summed E-state index contributed by atoms with van der Waals surface area (Å²) in [5.41, 5.74) is 20.8. The average molecular weight is 768 g/mol. The summed E-state index contributed by atoms with van der Waals surface area (Å²) >= 11 is 0. The monoisotopic (exact) mass is 767 g/mol. The molecule has 2 aromatic carbocycles. The van der Waals surface area contributed by atoms with E-state index in [2.05, 4.69) is 20.3 Å². The van der Waals surface area contributed by atoms with Crippen LogP contribution in [0.15, 0.2) is 73.3 Å². The maximum absolute atomic E-state index is 13.9. The molecule has 2 aromatic heterocycles. The standard InChI is InChI=1S/C41H53N9O6/c1-26(48-40(55)29(18-30-22-46-34-13-6-5-12-32(30)34)20-36(51)33(43)21-31-23-45-25-47-31)38(53)24-49-15-16-50(41(49)56)35(17-27-9-3-2-4-10-27)37(52)19-28(39(44)54)11-7-8-14-42/h2-6,9-10,12-13,22-23,25-26,28-29,33,35,46H,7-8,11,14-21,24,42-43H2,1H3,(H2,44,54)(H,45,47)(H,48,55)/t26-,28+,29-,33-,35+/m0/s1. The Morgan fingerprint density at radius 2 is 1.61 bits per heavy atom. The molecule has 4 aromatic rings. The van der Waals surface area contributed by atoms with Gasteiger partial charge in [0.15, 0.2) is 17.3 Å². The highest BCUT2D eigenvalue weighted by Gasteiger charge is 2.39. The first-order chi connectivity index (χ1) is 26.9. The zero-order chi connectivity index (χ0) is 40.2. The van der Waals surface area contributed by atoms with E-state index in [1.807, 2.05) is 60.8 Å². The van der Waals surface area contributed by atoms with Crippen LogP contribution >= 0.6 is 0 Å². The summed E-state index contributed by atoms with van der Waals surface area (Å²) in [6.45, 7) is 2.09. The maximum atomic E-state index is 13.9. The molecule has 0 radical (unpaired) electrons. The molecule has 1 saturated heterocycles. The summed E-state index contributed by atoms with van der Waals surface area (Å²) in [5, 5.41) is 3.71. The molecule has 5 rings (SSSR count). The van der Waals surface area contributed by atoms with E-state index in [-0.39, 0.29) is 63.3 Å². The first-order valence-electron chi connectivity index (χ1n) is 19.2. The number of urea groups is 1. The summed E-state index contributed by atoms with van der Waals surface area (Å²) in [5.74, 6) is -3.59. The number of carbonyl (C=O) groups excluding carboxylic acids is 6. The lowest BCUT2D eigenvalue weighted by atomic mass is 9.90. The number of benzene rings is 2. The zero-order valence-corrected chi connectivity index (χ0v) is 31.8. The minimum absolute atomic E-state index is 0.112. The van der Waals surface area contributed by atoms with Crippen molar-refractivity contribution in [2.45, 2.75) is 76.4 Å². The van der Waals surface area contributed by atoms with Crippen molar-refractivity contribution in [1.29, 1.82) is 0 Å². The Labute approximate surface area is 326 Å². The second-order valence-corrected chi connectivity index (χ2v) is 14.7. The number of unbranched alkanes of at least 4 members (excludes halogenated alkanes) is 1. The van der Waals surface area contributed by atoms with E-state index in [0.29, 0.717) is 31.5 Å². The third-order valence-electron chi connectivity index (χ3n) is 10.6. The first kappa shape index (κ1) is 41.5. The van der Waals surface area contributed by atoms with E-state index >= 15 is 0 Å². The number of nitrogens with two attached hydrogens (primary N) is 3. The largest absolute Gasteiger partial charge is 0.369 e. The number of aromatic nitrogens is 3. The van der Waals surface area contributed by atoms with Gasteiger partial charge in [-0.2, -0.15) is 0 Å². The van der Waals surface area contributed by atoms with Crippen molar-refractivity contribution in [3.63, 3.8) is 0 Å². The van der Waals surface area contributed by atoms with Crippen LogP contribution in [0.5, 0.6) is 0 Å². The molecule has 0 saturated carbocycles. The molecule has 0 unspecified atom stereocenters. The maximum Gasteiger partial charge on any atom is 0.321 e. The fourth-order valence-electron chi connectivity index (χ4n) is 7.23. The van der Waals surface area contributed by atoms with Gasteiger partial charge < -0.3 is 42.3 Å². The van der Waals surface area contributed by atoms with Crippen LogP contribution in [0.4, 0.5) is 4.79 Å². The normalized spacial score (nSPS) is 15.7. The number of amides is 4. The molecule has 5 atom stereocenters. The molecular weight excluding hydrogens is 715 g/mol. The van der Waals surface area contributed by atoms with E-state index in [4.69, 9.17) is 17.2 Å². The van der Waals surface area contributed by atoms with Crippen LogP contribution in [0, 0.1) is 11.8 Å². The quantitative estimate of drug-likeness (QED) is 0.0605. The zero-order valence-electron chi connectivity index (χ0n) is 31.8. The minimum Gasteiger partial charge on any atom is -0.369 e. The summed E-state index contributed by atoms with van der Waals surface area (Å²) in [6.07, 6.45) is 7.09. The lowest BCUT2D eigenvalue weighted by molar-refractivity contribution is -0.132. The fourth-order valence-corrected chi connectivity index (χ4v) is 7.23. The fraction of sp³-hybridized carbons (Fsp3) is 0.439. The highest BCUT2D eigenvalue weighted by molar-refractivity contribution is 5.96. The molecule has 56 heavy (non-hydrogen) atoms. The van der Waals surface area contributed by atoms with Gasteiger partial charge in [-0.1, -0.05) is 55.0 Å². The number of para-hydroxylation sites is 1. The Kier molecular flexibility index (Phi) is 14.7. The van der Waals surface area contributed by atoms with Crippen LogP contribution in [-0.4, -0.2) is 104 Å². The van der Waals surface area contributed by atoms with Gasteiger partial charge in [0.2, 0.25) is 11.8 Å². The number of imidazole rings is 1. The van der Waals surface area contributed by atoms with E-state index < -0.39 is 53.6 Å². The van der Waals surface area contributed by atoms with Gasteiger partial charge >= 0.3 is 6.03 Å². The smallest absolute Gasteiger partial charge is 0.321 e. The molecule has 298 valence electrons. The van der Waals surface area contributed by atoms with Crippen LogP contribution < -0.4 is 22.5 Å². The Hall–Kier alpha value is -5.67. The predicted octanol–water partition coefficient (Wildman–Crippen LogP) is 2.19. The Morgan fingerprint density at radius 1 is 0.875 bits per heavy atom. The van der Waals surface area contributed by atoms with Crippen LogP contribution in [-0.2, 0) is 43.2 Å². The van der Waals surface area contributed by atoms with Crippen LogP contribution in [0.1, 0.15) is 55.8 Å². The number of H-pyrrole nitrogens is 2. The van der Waals surface area contributed by atoms with Gasteiger partial charge in [0.25, 0.3) is 0 Å². The third-order valence-corrected chi connectivity index (χ3v) is 10.6. The average Bonchev–Trinajstić information content (AvgIpc) is 3.94. The van der Waals surface area contributed by atoms with Crippen molar-refractivity contribution < 1.29 is 28.8 Å². The molecule has 0 bridgehead atoms. The SMILES string of the molecule is C[C@H](NC(=O)[C@H](CC(=O)[C@@H](N)Cc1cnc[nH]1)Cc1c[nH]c2ccccc12)C(=O)CN1CCN([C@H](Cc2ccccc2)C(=O)C[C@@H](CCCCN)C(N)=O)C1=O. The van der Waals surface area contributed by atoms with Gasteiger partial charge in [0.05, 0.1) is 31.0 Å².